The van der Waals surface area contributed by atoms with Crippen LogP contribution in [0.4, 0.5) is 4.79 Å². The van der Waals surface area contributed by atoms with Gasteiger partial charge in [0.05, 0.1) is 13.0 Å². The zero-order valence-corrected chi connectivity index (χ0v) is 10.4. The number of hydrogen-bond acceptors (Lipinski definition) is 3. The zero-order valence-electron chi connectivity index (χ0n) is 10.4. The molecule has 96 valence electrons. The number of amides is 1. The molecule has 1 heterocycles. The first-order valence-corrected chi connectivity index (χ1v) is 5.85. The van der Waals surface area contributed by atoms with Gasteiger partial charge in [-0.2, -0.15) is 0 Å². The summed E-state index contributed by atoms with van der Waals surface area (Å²) in [5, 5.41) is 8.81. The highest BCUT2D eigenvalue weighted by atomic mass is 16.5. The van der Waals surface area contributed by atoms with Crippen molar-refractivity contribution in [1.82, 2.24) is 4.90 Å². The highest BCUT2D eigenvalue weighted by Gasteiger charge is 2.19. The van der Waals surface area contributed by atoms with Crippen LogP contribution < -0.4 is 0 Å². The van der Waals surface area contributed by atoms with E-state index in [0.29, 0.717) is 26.1 Å². The van der Waals surface area contributed by atoms with Crippen molar-refractivity contribution in [3.63, 3.8) is 0 Å². The standard InChI is InChI=1S/C12H19NO4/c1-3-17-11(14)8-9(2)10-4-6-13(7-5-10)12(15)16/h3-8H2,1-2H3,(H,15,16). The number of carbonyl (C=O) groups excluding carboxylic acids is 1. The van der Waals surface area contributed by atoms with Crippen LogP contribution in [0, 0.1) is 0 Å². The Labute approximate surface area is 101 Å². The molecule has 0 unspecified atom stereocenters. The van der Waals surface area contributed by atoms with E-state index in [1.807, 2.05) is 6.92 Å². The van der Waals surface area contributed by atoms with Gasteiger partial charge in [0, 0.05) is 13.1 Å². The number of likely N-dealkylation sites (tertiary alicyclic amines) is 1. The maximum atomic E-state index is 11.3. The molecule has 17 heavy (non-hydrogen) atoms. The van der Waals surface area contributed by atoms with E-state index in [-0.39, 0.29) is 5.97 Å². The van der Waals surface area contributed by atoms with E-state index >= 15 is 0 Å². The smallest absolute Gasteiger partial charge is 0.407 e. The van der Waals surface area contributed by atoms with Crippen LogP contribution in [0.25, 0.3) is 0 Å². The molecule has 0 saturated carbocycles. The molecule has 1 N–H and O–H groups in total. The highest BCUT2D eigenvalue weighted by molar-refractivity contribution is 5.72. The topological polar surface area (TPSA) is 66.8 Å². The van der Waals surface area contributed by atoms with E-state index in [9.17, 15) is 9.59 Å². The molecule has 5 nitrogen and oxygen atoms in total. The summed E-state index contributed by atoms with van der Waals surface area (Å²) in [6, 6.07) is 0. The second-order valence-electron chi connectivity index (χ2n) is 4.14. The van der Waals surface area contributed by atoms with Gasteiger partial charge in [-0.3, -0.25) is 4.79 Å². The van der Waals surface area contributed by atoms with Crippen LogP contribution in [0.3, 0.4) is 0 Å². The number of ether oxygens (including phenoxy) is 1. The fourth-order valence-corrected chi connectivity index (χ4v) is 1.95. The van der Waals surface area contributed by atoms with Gasteiger partial charge in [0.1, 0.15) is 0 Å². The molecule has 1 amide bonds. The molecule has 1 saturated heterocycles. The van der Waals surface area contributed by atoms with Gasteiger partial charge in [0.2, 0.25) is 0 Å². The molecule has 5 heteroatoms. The number of nitrogens with zero attached hydrogens (tertiary/aromatic N) is 1. The number of piperidine rings is 1. The van der Waals surface area contributed by atoms with E-state index in [4.69, 9.17) is 9.84 Å². The van der Waals surface area contributed by atoms with Gasteiger partial charge in [0.15, 0.2) is 0 Å². The van der Waals surface area contributed by atoms with Gasteiger partial charge in [-0.1, -0.05) is 11.1 Å². The highest BCUT2D eigenvalue weighted by Crippen LogP contribution is 2.21. The third kappa shape index (κ3) is 4.09. The Morgan fingerprint density at radius 3 is 2.41 bits per heavy atom. The summed E-state index contributed by atoms with van der Waals surface area (Å²) in [6.07, 6.45) is 0.887. The van der Waals surface area contributed by atoms with Crippen molar-refractivity contribution in [3.05, 3.63) is 11.1 Å². The van der Waals surface area contributed by atoms with Crippen molar-refractivity contribution in [3.8, 4) is 0 Å². The molecule has 1 fully saturated rings. The first kappa shape index (κ1) is 13.5. The van der Waals surface area contributed by atoms with Gasteiger partial charge in [-0.25, -0.2) is 4.79 Å². The van der Waals surface area contributed by atoms with E-state index in [2.05, 4.69) is 0 Å². The molecule has 1 aliphatic rings. The fraction of sp³-hybridized carbons (Fsp3) is 0.667. The third-order valence-electron chi connectivity index (χ3n) is 2.96. The van der Waals surface area contributed by atoms with Crippen LogP contribution in [-0.2, 0) is 9.53 Å². The molecule has 1 aliphatic heterocycles. The Balaban J connectivity index is 2.50. The first-order chi connectivity index (χ1) is 8.04. The molecule has 0 spiro atoms. The second kappa shape index (κ2) is 6.27. The lowest BCUT2D eigenvalue weighted by atomic mass is 9.97. The molecule has 1 rings (SSSR count). The van der Waals surface area contributed by atoms with Crippen molar-refractivity contribution < 1.29 is 19.4 Å². The minimum absolute atomic E-state index is 0.210. The lowest BCUT2D eigenvalue weighted by Crippen LogP contribution is -2.35. The van der Waals surface area contributed by atoms with Gasteiger partial charge in [0.25, 0.3) is 0 Å². The van der Waals surface area contributed by atoms with Crippen LogP contribution in [0.5, 0.6) is 0 Å². The average Bonchev–Trinajstić information content (AvgIpc) is 2.29. The van der Waals surface area contributed by atoms with Crippen LogP contribution in [0.15, 0.2) is 11.1 Å². The van der Waals surface area contributed by atoms with Crippen molar-refractivity contribution in [2.45, 2.75) is 33.1 Å². The Morgan fingerprint density at radius 2 is 1.94 bits per heavy atom. The average molecular weight is 241 g/mol. The van der Waals surface area contributed by atoms with Crippen molar-refractivity contribution >= 4 is 12.1 Å². The van der Waals surface area contributed by atoms with Crippen LogP contribution in [0.1, 0.15) is 33.1 Å². The minimum Gasteiger partial charge on any atom is -0.466 e. The molecule has 0 aromatic heterocycles. The summed E-state index contributed by atoms with van der Waals surface area (Å²) in [4.78, 5) is 23.4. The van der Waals surface area contributed by atoms with Gasteiger partial charge in [-0.15, -0.1) is 0 Å². The summed E-state index contributed by atoms with van der Waals surface area (Å²) in [7, 11) is 0. The maximum absolute atomic E-state index is 11.3. The third-order valence-corrected chi connectivity index (χ3v) is 2.96. The fourth-order valence-electron chi connectivity index (χ4n) is 1.95. The monoisotopic (exact) mass is 241 g/mol. The van der Waals surface area contributed by atoms with Crippen molar-refractivity contribution in [2.24, 2.45) is 0 Å². The van der Waals surface area contributed by atoms with Crippen molar-refractivity contribution in [1.29, 1.82) is 0 Å². The van der Waals surface area contributed by atoms with E-state index in [1.165, 1.54) is 10.5 Å². The van der Waals surface area contributed by atoms with E-state index in [1.54, 1.807) is 6.92 Å². The van der Waals surface area contributed by atoms with E-state index in [0.717, 1.165) is 18.4 Å². The molecule has 0 bridgehead atoms. The first-order valence-electron chi connectivity index (χ1n) is 5.85. The normalized spacial score (nSPS) is 15.6. The number of carbonyl (C=O) groups is 2. The summed E-state index contributed by atoms with van der Waals surface area (Å²) in [5.41, 5.74) is 2.21. The number of esters is 1. The van der Waals surface area contributed by atoms with E-state index < -0.39 is 6.09 Å². The molecule has 0 radical (unpaired) electrons. The number of hydrogen-bond donors (Lipinski definition) is 1. The van der Waals surface area contributed by atoms with Crippen LogP contribution >= 0.6 is 0 Å². The Morgan fingerprint density at radius 1 is 1.35 bits per heavy atom. The van der Waals surface area contributed by atoms with Crippen LogP contribution in [-0.4, -0.2) is 41.8 Å². The summed E-state index contributed by atoms with van der Waals surface area (Å²) < 4.78 is 4.89. The SMILES string of the molecule is CCOC(=O)CC(C)=C1CCN(C(=O)O)CC1. The molecular weight excluding hydrogens is 222 g/mol. The molecule has 0 aromatic rings. The summed E-state index contributed by atoms with van der Waals surface area (Å²) >= 11 is 0. The maximum Gasteiger partial charge on any atom is 0.407 e. The lowest BCUT2D eigenvalue weighted by molar-refractivity contribution is -0.142. The van der Waals surface area contributed by atoms with Gasteiger partial charge < -0.3 is 14.7 Å². The summed E-state index contributed by atoms with van der Waals surface area (Å²) in [6.45, 7) is 5.14. The quantitative estimate of drug-likeness (QED) is 0.606. The largest absolute Gasteiger partial charge is 0.466 e. The van der Waals surface area contributed by atoms with Crippen molar-refractivity contribution in [2.75, 3.05) is 19.7 Å². The molecular formula is C12H19NO4. The molecule has 0 atom stereocenters. The predicted octanol–water partition coefficient (Wildman–Crippen LogP) is 2.03. The predicted molar refractivity (Wildman–Crippen MR) is 62.8 cm³/mol. The molecule has 0 aliphatic carbocycles. The molecule has 0 aromatic carbocycles. The summed E-state index contributed by atoms with van der Waals surface area (Å²) in [5.74, 6) is -0.210. The lowest BCUT2D eigenvalue weighted by Gasteiger charge is -2.27. The Kier molecular flexibility index (Phi) is 5.00. The second-order valence-corrected chi connectivity index (χ2v) is 4.14. The minimum atomic E-state index is -0.868. The van der Waals surface area contributed by atoms with Crippen LogP contribution in [0.2, 0.25) is 0 Å². The Bertz CT molecular complexity index is 325. The number of rotatable bonds is 3. The van der Waals surface area contributed by atoms with Gasteiger partial charge >= 0.3 is 12.1 Å². The zero-order chi connectivity index (χ0) is 12.8. The van der Waals surface area contributed by atoms with Gasteiger partial charge in [-0.05, 0) is 26.7 Å². The Hall–Kier alpha value is -1.52. The number of carboxylic acid groups (broad SMARTS) is 1.